The zero-order valence-electron chi connectivity index (χ0n) is 11.5. The first kappa shape index (κ1) is 15.9. The van der Waals surface area contributed by atoms with Gasteiger partial charge in [0.1, 0.15) is 5.75 Å². The van der Waals surface area contributed by atoms with E-state index in [1.165, 1.54) is 0 Å². The Balaban J connectivity index is 2.05. The van der Waals surface area contributed by atoms with Crippen LogP contribution in [0.1, 0.15) is 24.1 Å². The minimum atomic E-state index is -2.81. The van der Waals surface area contributed by atoms with Crippen molar-refractivity contribution in [2.24, 2.45) is 0 Å². The molecule has 0 aliphatic rings. The molecular formula is C16H16BrF2NO. The maximum absolute atomic E-state index is 12.4. The van der Waals surface area contributed by atoms with Gasteiger partial charge in [-0.1, -0.05) is 52.3 Å². The quantitative estimate of drug-likeness (QED) is 0.795. The highest BCUT2D eigenvalue weighted by molar-refractivity contribution is 9.10. The molecule has 5 heteroatoms. The lowest BCUT2D eigenvalue weighted by atomic mass is 10.1. The predicted molar refractivity (Wildman–Crippen MR) is 82.5 cm³/mol. The summed E-state index contributed by atoms with van der Waals surface area (Å²) in [7, 11) is 0. The summed E-state index contributed by atoms with van der Waals surface area (Å²) in [6.07, 6.45) is 0. The van der Waals surface area contributed by atoms with Gasteiger partial charge in [-0.3, -0.25) is 0 Å². The molecule has 2 aromatic rings. The summed E-state index contributed by atoms with van der Waals surface area (Å²) in [6, 6.07) is 14.8. The maximum atomic E-state index is 12.4. The van der Waals surface area contributed by atoms with Crippen molar-refractivity contribution in [2.45, 2.75) is 26.1 Å². The van der Waals surface area contributed by atoms with E-state index in [4.69, 9.17) is 0 Å². The molecule has 0 radical (unpaired) electrons. The summed E-state index contributed by atoms with van der Waals surface area (Å²) in [5.74, 6) is 0.208. The third-order valence-corrected chi connectivity index (χ3v) is 3.88. The average Bonchev–Trinajstić information content (AvgIpc) is 2.46. The van der Waals surface area contributed by atoms with Crippen LogP contribution in [0.5, 0.6) is 5.75 Å². The molecule has 2 rings (SSSR count). The molecule has 0 spiro atoms. The third-order valence-electron chi connectivity index (χ3n) is 3.16. The van der Waals surface area contributed by atoms with Gasteiger partial charge < -0.3 is 10.1 Å². The predicted octanol–water partition coefficient (Wildman–Crippen LogP) is 4.90. The number of hydrogen-bond donors (Lipinski definition) is 1. The summed E-state index contributed by atoms with van der Waals surface area (Å²) >= 11 is 3.51. The van der Waals surface area contributed by atoms with Crippen LogP contribution in [0.25, 0.3) is 0 Å². The Kier molecular flexibility index (Phi) is 5.70. The van der Waals surface area contributed by atoms with Crippen molar-refractivity contribution in [1.29, 1.82) is 0 Å². The standard InChI is InChI=1S/C16H16BrF2NO/c1-11(13-7-3-4-8-14(13)17)20-10-12-6-2-5-9-15(12)21-16(18)19/h2-9,11,16,20H,10H2,1H3/t11-/m1/s1. The zero-order valence-corrected chi connectivity index (χ0v) is 13.1. The molecule has 0 saturated heterocycles. The number of hydrogen-bond acceptors (Lipinski definition) is 2. The van der Waals surface area contributed by atoms with Crippen molar-refractivity contribution in [3.8, 4) is 5.75 Å². The van der Waals surface area contributed by atoms with Crippen molar-refractivity contribution in [2.75, 3.05) is 0 Å². The molecule has 0 aromatic heterocycles. The average molecular weight is 356 g/mol. The van der Waals surface area contributed by atoms with Crippen LogP contribution < -0.4 is 10.1 Å². The molecule has 0 aliphatic heterocycles. The lowest BCUT2D eigenvalue weighted by molar-refractivity contribution is -0.0505. The number of nitrogens with one attached hydrogen (secondary N) is 1. The van der Waals surface area contributed by atoms with E-state index in [1.807, 2.05) is 31.2 Å². The van der Waals surface area contributed by atoms with Crippen molar-refractivity contribution < 1.29 is 13.5 Å². The first-order chi connectivity index (χ1) is 10.1. The lowest BCUT2D eigenvalue weighted by Crippen LogP contribution is -2.19. The minimum Gasteiger partial charge on any atom is -0.434 e. The van der Waals surface area contributed by atoms with Crippen LogP contribution in [0.2, 0.25) is 0 Å². The van der Waals surface area contributed by atoms with Gasteiger partial charge >= 0.3 is 6.61 Å². The van der Waals surface area contributed by atoms with Crippen LogP contribution in [0.15, 0.2) is 53.0 Å². The van der Waals surface area contributed by atoms with Crippen LogP contribution in [0.4, 0.5) is 8.78 Å². The largest absolute Gasteiger partial charge is 0.434 e. The minimum absolute atomic E-state index is 0.0835. The molecule has 0 heterocycles. The van der Waals surface area contributed by atoms with E-state index in [0.29, 0.717) is 12.1 Å². The number of alkyl halides is 2. The summed E-state index contributed by atoms with van der Waals surface area (Å²) in [5, 5.41) is 3.31. The molecule has 0 saturated carbocycles. The Hall–Kier alpha value is -1.46. The van der Waals surface area contributed by atoms with E-state index in [1.54, 1.807) is 24.3 Å². The Morgan fingerprint density at radius 3 is 2.48 bits per heavy atom. The number of para-hydroxylation sites is 1. The van der Waals surface area contributed by atoms with Crippen LogP contribution in [-0.4, -0.2) is 6.61 Å². The second-order valence-electron chi connectivity index (χ2n) is 4.61. The van der Waals surface area contributed by atoms with Gasteiger partial charge in [0, 0.05) is 22.6 Å². The maximum Gasteiger partial charge on any atom is 0.387 e. The monoisotopic (exact) mass is 355 g/mol. The fraction of sp³-hybridized carbons (Fsp3) is 0.250. The Bertz CT molecular complexity index is 592. The van der Waals surface area contributed by atoms with Gasteiger partial charge in [0.25, 0.3) is 0 Å². The van der Waals surface area contributed by atoms with Gasteiger partial charge in [-0.05, 0) is 24.6 Å². The van der Waals surface area contributed by atoms with E-state index in [0.717, 1.165) is 10.0 Å². The fourth-order valence-electron chi connectivity index (χ4n) is 2.06. The van der Waals surface area contributed by atoms with Crippen LogP contribution in [0.3, 0.4) is 0 Å². The van der Waals surface area contributed by atoms with E-state index >= 15 is 0 Å². The summed E-state index contributed by atoms with van der Waals surface area (Å²) in [4.78, 5) is 0. The molecule has 0 aliphatic carbocycles. The van der Waals surface area contributed by atoms with E-state index < -0.39 is 6.61 Å². The number of benzene rings is 2. The van der Waals surface area contributed by atoms with Gasteiger partial charge in [-0.15, -0.1) is 0 Å². The highest BCUT2D eigenvalue weighted by Crippen LogP contribution is 2.25. The molecule has 1 atom stereocenters. The molecular weight excluding hydrogens is 340 g/mol. The highest BCUT2D eigenvalue weighted by Gasteiger charge is 2.12. The van der Waals surface area contributed by atoms with E-state index in [9.17, 15) is 8.78 Å². The van der Waals surface area contributed by atoms with Gasteiger partial charge in [-0.2, -0.15) is 8.78 Å². The number of ether oxygens (including phenoxy) is 1. The number of halogens is 3. The first-order valence-electron chi connectivity index (χ1n) is 6.58. The van der Waals surface area contributed by atoms with Gasteiger partial charge in [0.15, 0.2) is 0 Å². The Morgan fingerprint density at radius 2 is 1.76 bits per heavy atom. The first-order valence-corrected chi connectivity index (χ1v) is 7.37. The normalized spacial score (nSPS) is 12.4. The Morgan fingerprint density at radius 1 is 1.10 bits per heavy atom. The SMILES string of the molecule is C[C@@H](NCc1ccccc1OC(F)F)c1ccccc1Br. The van der Waals surface area contributed by atoms with E-state index in [-0.39, 0.29) is 11.8 Å². The fourth-order valence-corrected chi connectivity index (χ4v) is 2.69. The molecule has 0 fully saturated rings. The molecule has 0 bridgehead atoms. The summed E-state index contributed by atoms with van der Waals surface area (Å²) in [6.45, 7) is -0.339. The van der Waals surface area contributed by atoms with Crippen molar-refractivity contribution >= 4 is 15.9 Å². The third kappa shape index (κ3) is 4.51. The molecule has 112 valence electrons. The molecule has 0 amide bonds. The second kappa shape index (κ2) is 7.52. The van der Waals surface area contributed by atoms with Crippen LogP contribution in [0, 0.1) is 0 Å². The van der Waals surface area contributed by atoms with Gasteiger partial charge in [0.05, 0.1) is 0 Å². The van der Waals surface area contributed by atoms with Gasteiger partial charge in [0.2, 0.25) is 0 Å². The highest BCUT2D eigenvalue weighted by atomic mass is 79.9. The van der Waals surface area contributed by atoms with Gasteiger partial charge in [-0.25, -0.2) is 0 Å². The topological polar surface area (TPSA) is 21.3 Å². The van der Waals surface area contributed by atoms with Crippen molar-refractivity contribution in [1.82, 2.24) is 5.32 Å². The smallest absolute Gasteiger partial charge is 0.387 e. The van der Waals surface area contributed by atoms with Crippen LogP contribution in [-0.2, 0) is 6.54 Å². The molecule has 2 nitrogen and oxygen atoms in total. The lowest BCUT2D eigenvalue weighted by Gasteiger charge is -2.17. The van der Waals surface area contributed by atoms with Crippen molar-refractivity contribution in [3.05, 3.63) is 64.1 Å². The Labute approximate surface area is 131 Å². The molecule has 2 aromatic carbocycles. The molecule has 21 heavy (non-hydrogen) atoms. The summed E-state index contributed by atoms with van der Waals surface area (Å²) in [5.41, 5.74) is 1.82. The summed E-state index contributed by atoms with van der Waals surface area (Å²) < 4.78 is 30.3. The van der Waals surface area contributed by atoms with Crippen LogP contribution >= 0.6 is 15.9 Å². The number of rotatable bonds is 6. The van der Waals surface area contributed by atoms with E-state index in [2.05, 4.69) is 26.0 Å². The molecule has 1 N–H and O–H groups in total. The zero-order chi connectivity index (χ0) is 15.2. The second-order valence-corrected chi connectivity index (χ2v) is 5.46. The molecule has 0 unspecified atom stereocenters. The van der Waals surface area contributed by atoms with Crippen molar-refractivity contribution in [3.63, 3.8) is 0 Å².